The molecule has 37 heavy (non-hydrogen) atoms. The zero-order valence-electron chi connectivity index (χ0n) is 19.1. The highest BCUT2D eigenvalue weighted by atomic mass is 32.1. The number of aliphatic hydroxyl groups excluding tert-OH is 1. The van der Waals surface area contributed by atoms with Gasteiger partial charge in [0, 0.05) is 51.1 Å². The molecule has 8 heteroatoms. The zero-order chi connectivity index (χ0) is 24.8. The molecule has 3 bridgehead atoms. The van der Waals surface area contributed by atoms with Crippen LogP contribution in [0.3, 0.4) is 0 Å². The molecule has 7 aromatic rings. The van der Waals surface area contributed by atoms with Gasteiger partial charge < -0.3 is 9.51 Å². The van der Waals surface area contributed by atoms with Crippen LogP contribution in [-0.4, -0.2) is 23.9 Å². The van der Waals surface area contributed by atoms with Gasteiger partial charge in [0.1, 0.15) is 28.6 Å². The van der Waals surface area contributed by atoms with Crippen LogP contribution in [0.5, 0.6) is 0 Å². The normalized spacial score (nSPS) is 12.3. The van der Waals surface area contributed by atoms with E-state index in [1.165, 1.54) is 27.1 Å². The fraction of sp³-hybridized carbons (Fsp3) is 0.0345. The van der Waals surface area contributed by atoms with E-state index in [0.29, 0.717) is 11.2 Å². The van der Waals surface area contributed by atoms with Crippen LogP contribution >= 0.6 is 11.3 Å². The lowest BCUT2D eigenvalue weighted by molar-refractivity contribution is 0.269. The van der Waals surface area contributed by atoms with Crippen molar-refractivity contribution in [2.24, 2.45) is 0 Å². The molecule has 0 saturated heterocycles. The minimum atomic E-state index is -0.762. The van der Waals surface area contributed by atoms with Crippen molar-refractivity contribution in [3.05, 3.63) is 96.5 Å². The van der Waals surface area contributed by atoms with Crippen LogP contribution in [0, 0.1) is 11.6 Å². The summed E-state index contributed by atoms with van der Waals surface area (Å²) >= 11 is 1.75. The average Bonchev–Trinajstić information content (AvgIpc) is 3.59. The van der Waals surface area contributed by atoms with Gasteiger partial charge in [-0.25, -0.2) is 18.7 Å². The number of rotatable bonds is 3. The van der Waals surface area contributed by atoms with E-state index in [1.807, 2.05) is 22.7 Å². The highest BCUT2D eigenvalue weighted by molar-refractivity contribution is 7.22. The predicted molar refractivity (Wildman–Crippen MR) is 140 cm³/mol. The number of hydrogen-bond donors (Lipinski definition) is 1. The van der Waals surface area contributed by atoms with Crippen LogP contribution in [0.4, 0.5) is 8.78 Å². The van der Waals surface area contributed by atoms with Crippen LogP contribution in [0.2, 0.25) is 0 Å². The molecule has 0 saturated carbocycles. The van der Waals surface area contributed by atoms with Crippen LogP contribution in [0.15, 0.2) is 79.3 Å². The summed E-state index contributed by atoms with van der Waals surface area (Å²) < 4.78 is 33.9. The smallest absolute Gasteiger partial charge is 0.139 e. The van der Waals surface area contributed by atoms with E-state index in [0.717, 1.165) is 33.9 Å². The van der Waals surface area contributed by atoms with Crippen LogP contribution in [0.1, 0.15) is 5.56 Å². The third-order valence-corrected chi connectivity index (χ3v) is 8.17. The van der Waals surface area contributed by atoms with Crippen molar-refractivity contribution in [2.75, 3.05) is 0 Å². The largest absolute Gasteiger partial charge is 0.391 e. The van der Waals surface area contributed by atoms with Gasteiger partial charge in [-0.3, -0.25) is 4.40 Å². The maximum atomic E-state index is 14.8. The summed E-state index contributed by atoms with van der Waals surface area (Å²) in [6, 6.07) is 18.8. The van der Waals surface area contributed by atoms with Gasteiger partial charge in [0.2, 0.25) is 0 Å². The standard InChI is InChI=1S/C29H16F2N4OS/c30-21-5-4-19(27(31)20(21)14-36)16-2-7-25-32-22(13-34(25)11-16)17-3-8-26-33-28-24-10-18-9-15(1-6-23(18)37-24)29(28)35(26)12-17/h1-13,36H,14H2. The summed E-state index contributed by atoms with van der Waals surface area (Å²) in [4.78, 5) is 10.9. The third-order valence-electron chi connectivity index (χ3n) is 7.04. The van der Waals surface area contributed by atoms with Crippen molar-refractivity contribution in [3.63, 3.8) is 0 Å². The van der Waals surface area contributed by atoms with Crippen molar-refractivity contribution in [2.45, 2.75) is 6.61 Å². The van der Waals surface area contributed by atoms with Gasteiger partial charge >= 0.3 is 0 Å². The highest BCUT2D eigenvalue weighted by Crippen LogP contribution is 2.44. The minimum Gasteiger partial charge on any atom is -0.391 e. The minimum absolute atomic E-state index is 0.221. The quantitative estimate of drug-likeness (QED) is 0.282. The summed E-state index contributed by atoms with van der Waals surface area (Å²) in [5.41, 5.74) is 6.88. The molecule has 1 N–H and O–H groups in total. The first kappa shape index (κ1) is 20.8. The number of aliphatic hydroxyl groups is 1. The average molecular weight is 507 g/mol. The number of fused-ring (bicyclic) bond motifs is 8. The molecule has 0 spiro atoms. The lowest BCUT2D eigenvalue weighted by Gasteiger charge is -2.08. The number of halogens is 2. The predicted octanol–water partition coefficient (Wildman–Crippen LogP) is 6.95. The number of nitrogens with zero attached hydrogens (tertiary/aromatic N) is 4. The molecule has 1 aliphatic carbocycles. The summed E-state index contributed by atoms with van der Waals surface area (Å²) in [5.74, 6) is -1.52. The number of aromatic nitrogens is 4. The van der Waals surface area contributed by atoms with Gasteiger partial charge in [-0.2, -0.15) is 0 Å². The molecular weight excluding hydrogens is 490 g/mol. The Morgan fingerprint density at radius 2 is 1.65 bits per heavy atom. The van der Waals surface area contributed by atoms with E-state index in [9.17, 15) is 13.9 Å². The van der Waals surface area contributed by atoms with Crippen molar-refractivity contribution in [3.8, 4) is 44.2 Å². The lowest BCUT2D eigenvalue weighted by Crippen LogP contribution is -1.98. The number of imidazole rings is 2. The third kappa shape index (κ3) is 2.91. The zero-order valence-corrected chi connectivity index (χ0v) is 19.9. The van der Waals surface area contributed by atoms with E-state index in [1.54, 1.807) is 29.7 Å². The van der Waals surface area contributed by atoms with Crippen LogP contribution in [-0.2, 0) is 6.61 Å². The summed E-state index contributed by atoms with van der Waals surface area (Å²) in [7, 11) is 0. The fourth-order valence-corrected chi connectivity index (χ4v) is 6.24. The summed E-state index contributed by atoms with van der Waals surface area (Å²) in [5, 5.41) is 10.6. The van der Waals surface area contributed by atoms with Gasteiger partial charge in [-0.15, -0.1) is 11.3 Å². The molecule has 2 aromatic carbocycles. The molecule has 1 aliphatic rings. The second kappa shape index (κ2) is 7.32. The van der Waals surface area contributed by atoms with E-state index in [4.69, 9.17) is 9.97 Å². The Balaban J connectivity index is 1.25. The Bertz CT molecular complexity index is 2070. The maximum Gasteiger partial charge on any atom is 0.139 e. The van der Waals surface area contributed by atoms with Gasteiger partial charge in [-0.05, 0) is 60.0 Å². The molecule has 0 amide bonds. The van der Waals surface area contributed by atoms with Gasteiger partial charge in [-0.1, -0.05) is 6.07 Å². The Kier molecular flexibility index (Phi) is 4.10. The maximum absolute atomic E-state index is 14.8. The van der Waals surface area contributed by atoms with Crippen molar-refractivity contribution < 1.29 is 13.9 Å². The second-order valence-electron chi connectivity index (χ2n) is 9.17. The monoisotopic (exact) mass is 506 g/mol. The molecular formula is C29H16F2N4OS. The molecule has 5 heterocycles. The van der Waals surface area contributed by atoms with E-state index in [-0.39, 0.29) is 11.1 Å². The molecule has 5 aromatic heterocycles. The molecule has 5 nitrogen and oxygen atoms in total. The number of hydrogen-bond acceptors (Lipinski definition) is 4. The number of benzene rings is 2. The first-order chi connectivity index (χ1) is 18.1. The highest BCUT2D eigenvalue weighted by Gasteiger charge is 2.22. The molecule has 0 atom stereocenters. The Hall–Kier alpha value is -4.40. The SMILES string of the molecule is OCc1c(F)ccc(-c2ccc3nc(-c4ccc5nc6c(n5c4)-c4ccc5sc-6cc5c4)cn3c2)c1F. The topological polar surface area (TPSA) is 54.8 Å². The molecule has 0 fully saturated rings. The molecule has 0 aliphatic heterocycles. The Labute approximate surface area is 212 Å². The van der Waals surface area contributed by atoms with E-state index in [2.05, 4.69) is 34.9 Å². The number of pyridine rings is 2. The molecule has 8 rings (SSSR count). The molecule has 0 radical (unpaired) electrons. The first-order valence-electron chi connectivity index (χ1n) is 11.7. The van der Waals surface area contributed by atoms with Crippen LogP contribution in [0.25, 0.3) is 65.6 Å². The van der Waals surface area contributed by atoms with Gasteiger partial charge in [0.05, 0.1) is 22.9 Å². The van der Waals surface area contributed by atoms with Gasteiger partial charge in [0.25, 0.3) is 0 Å². The van der Waals surface area contributed by atoms with Gasteiger partial charge in [0.15, 0.2) is 0 Å². The van der Waals surface area contributed by atoms with Crippen LogP contribution < -0.4 is 0 Å². The number of thiophene rings is 1. The van der Waals surface area contributed by atoms with E-state index >= 15 is 0 Å². The fourth-order valence-electron chi connectivity index (χ4n) is 5.21. The Morgan fingerprint density at radius 1 is 0.811 bits per heavy atom. The molecule has 178 valence electrons. The van der Waals surface area contributed by atoms with E-state index < -0.39 is 18.2 Å². The van der Waals surface area contributed by atoms with Crippen molar-refractivity contribution >= 4 is 32.7 Å². The lowest BCUT2D eigenvalue weighted by atomic mass is 10.0. The summed E-state index contributed by atoms with van der Waals surface area (Å²) in [6.45, 7) is -0.704. The van der Waals surface area contributed by atoms with Crippen molar-refractivity contribution in [1.82, 2.24) is 18.8 Å². The van der Waals surface area contributed by atoms with Crippen molar-refractivity contribution in [1.29, 1.82) is 0 Å². The Morgan fingerprint density at radius 3 is 2.54 bits per heavy atom. The second-order valence-corrected chi connectivity index (χ2v) is 10.3. The first-order valence-corrected chi connectivity index (χ1v) is 12.5. The summed E-state index contributed by atoms with van der Waals surface area (Å²) in [6.07, 6.45) is 5.70. The molecule has 0 unspecified atom stereocenters.